The number of nitriles is 1. The third-order valence-electron chi connectivity index (χ3n) is 2.89. The predicted octanol–water partition coefficient (Wildman–Crippen LogP) is 2.22. The highest BCUT2D eigenvalue weighted by Gasteiger charge is 2.17. The van der Waals surface area contributed by atoms with E-state index in [0.29, 0.717) is 12.0 Å². The number of nitrogens with one attached hydrogen (secondary N) is 1. The predicted molar refractivity (Wildman–Crippen MR) is 76.4 cm³/mol. The molecule has 2 aromatic carbocycles. The number of halogens is 1. The Balaban J connectivity index is 2.07. The molecule has 0 aliphatic heterocycles. The summed E-state index contributed by atoms with van der Waals surface area (Å²) in [7, 11) is -3.75. The van der Waals surface area contributed by atoms with Crippen molar-refractivity contribution in [1.82, 2.24) is 4.72 Å². The number of nitrogens with zero attached hydrogens (tertiary/aromatic N) is 1. The Morgan fingerprint density at radius 2 is 1.90 bits per heavy atom. The number of benzene rings is 2. The van der Waals surface area contributed by atoms with Gasteiger partial charge >= 0.3 is 0 Å². The highest BCUT2D eigenvalue weighted by atomic mass is 32.2. The third kappa shape index (κ3) is 3.88. The third-order valence-corrected chi connectivity index (χ3v) is 4.41. The monoisotopic (exact) mass is 304 g/mol. The lowest BCUT2D eigenvalue weighted by atomic mass is 10.1. The van der Waals surface area contributed by atoms with Crippen LogP contribution in [0.3, 0.4) is 0 Å². The van der Waals surface area contributed by atoms with E-state index in [4.69, 9.17) is 5.26 Å². The molecule has 0 unspecified atom stereocenters. The molecule has 0 aromatic heterocycles. The lowest BCUT2D eigenvalue weighted by molar-refractivity contribution is 0.581. The molecule has 0 aliphatic rings. The van der Waals surface area contributed by atoms with Gasteiger partial charge < -0.3 is 0 Å². The molecular weight excluding hydrogens is 291 g/mol. The fourth-order valence-corrected chi connectivity index (χ4v) is 3.08. The molecule has 0 aliphatic carbocycles. The molecule has 0 radical (unpaired) electrons. The second-order valence-corrected chi connectivity index (χ2v) is 6.12. The van der Waals surface area contributed by atoms with Crippen LogP contribution in [0, 0.1) is 17.1 Å². The Morgan fingerprint density at radius 3 is 2.62 bits per heavy atom. The van der Waals surface area contributed by atoms with Crippen LogP contribution in [0.25, 0.3) is 0 Å². The summed E-state index contributed by atoms with van der Waals surface area (Å²) in [6, 6.07) is 13.8. The molecule has 0 fully saturated rings. The van der Waals surface area contributed by atoms with E-state index < -0.39 is 10.0 Å². The number of hydrogen-bond acceptors (Lipinski definition) is 3. The Bertz CT molecular complexity index is 782. The van der Waals surface area contributed by atoms with Crippen LogP contribution in [0.5, 0.6) is 0 Å². The second-order valence-electron chi connectivity index (χ2n) is 4.39. The molecule has 0 saturated carbocycles. The van der Waals surface area contributed by atoms with E-state index >= 15 is 0 Å². The number of sulfonamides is 1. The van der Waals surface area contributed by atoms with Gasteiger partial charge in [0.2, 0.25) is 10.0 Å². The van der Waals surface area contributed by atoms with Gasteiger partial charge in [-0.25, -0.2) is 17.5 Å². The van der Waals surface area contributed by atoms with Crippen molar-refractivity contribution >= 4 is 10.0 Å². The van der Waals surface area contributed by atoms with Gasteiger partial charge in [0.15, 0.2) is 0 Å². The van der Waals surface area contributed by atoms with E-state index in [2.05, 4.69) is 4.72 Å². The van der Waals surface area contributed by atoms with Crippen molar-refractivity contribution in [3.8, 4) is 6.07 Å². The summed E-state index contributed by atoms with van der Waals surface area (Å²) in [6.45, 7) is 0.131. The minimum atomic E-state index is -3.75. The Morgan fingerprint density at radius 1 is 1.14 bits per heavy atom. The molecule has 0 bridgehead atoms. The van der Waals surface area contributed by atoms with E-state index in [1.165, 1.54) is 24.3 Å². The molecule has 0 amide bonds. The van der Waals surface area contributed by atoms with Crippen molar-refractivity contribution in [3.63, 3.8) is 0 Å². The quantitative estimate of drug-likeness (QED) is 0.920. The maximum absolute atomic E-state index is 13.0. The highest BCUT2D eigenvalue weighted by Crippen LogP contribution is 2.14. The number of rotatable bonds is 5. The van der Waals surface area contributed by atoms with Gasteiger partial charge in [-0.2, -0.15) is 5.26 Å². The molecule has 0 spiro atoms. The van der Waals surface area contributed by atoms with Gasteiger partial charge in [0.25, 0.3) is 0 Å². The van der Waals surface area contributed by atoms with E-state index in [-0.39, 0.29) is 22.8 Å². The fraction of sp³-hybridized carbons (Fsp3) is 0.133. The van der Waals surface area contributed by atoms with Crippen LogP contribution >= 0.6 is 0 Å². The van der Waals surface area contributed by atoms with Crippen LogP contribution in [-0.4, -0.2) is 15.0 Å². The van der Waals surface area contributed by atoms with Crippen molar-refractivity contribution in [2.24, 2.45) is 0 Å². The molecule has 0 heterocycles. The van der Waals surface area contributed by atoms with E-state index in [9.17, 15) is 12.8 Å². The first kappa shape index (κ1) is 15.2. The SMILES string of the molecule is N#Cc1ccccc1S(=O)(=O)NCCc1cccc(F)c1. The van der Waals surface area contributed by atoms with Crippen LogP contribution in [0.1, 0.15) is 11.1 Å². The topological polar surface area (TPSA) is 70.0 Å². The molecular formula is C15H13FN2O2S. The zero-order valence-electron chi connectivity index (χ0n) is 11.1. The van der Waals surface area contributed by atoms with Gasteiger partial charge in [-0.15, -0.1) is 0 Å². The molecule has 2 aromatic rings. The molecule has 0 saturated heterocycles. The zero-order chi connectivity index (χ0) is 15.3. The Hall–Kier alpha value is -2.23. The zero-order valence-corrected chi connectivity index (χ0v) is 11.9. The maximum Gasteiger partial charge on any atom is 0.241 e. The van der Waals surface area contributed by atoms with Crippen molar-refractivity contribution in [2.75, 3.05) is 6.54 Å². The largest absolute Gasteiger partial charge is 0.241 e. The van der Waals surface area contributed by atoms with Gasteiger partial charge in [-0.1, -0.05) is 24.3 Å². The van der Waals surface area contributed by atoms with Crippen molar-refractivity contribution in [2.45, 2.75) is 11.3 Å². The van der Waals surface area contributed by atoms with E-state index in [1.54, 1.807) is 24.3 Å². The molecule has 21 heavy (non-hydrogen) atoms. The van der Waals surface area contributed by atoms with E-state index in [1.807, 2.05) is 6.07 Å². The lowest BCUT2D eigenvalue weighted by Crippen LogP contribution is -2.26. The summed E-state index contributed by atoms with van der Waals surface area (Å²) >= 11 is 0. The summed E-state index contributed by atoms with van der Waals surface area (Å²) in [5, 5.41) is 8.93. The summed E-state index contributed by atoms with van der Waals surface area (Å²) in [6.07, 6.45) is 0.367. The van der Waals surface area contributed by atoms with Crippen LogP contribution < -0.4 is 4.72 Å². The molecule has 1 N–H and O–H groups in total. The first-order valence-electron chi connectivity index (χ1n) is 6.26. The molecule has 2 rings (SSSR count). The van der Waals surface area contributed by atoms with Gasteiger partial charge in [-0.05, 0) is 36.2 Å². The van der Waals surface area contributed by atoms with Gasteiger partial charge in [0, 0.05) is 6.54 Å². The van der Waals surface area contributed by atoms with Crippen LogP contribution in [0.2, 0.25) is 0 Å². The van der Waals surface area contributed by atoms with Crippen molar-refractivity contribution in [1.29, 1.82) is 5.26 Å². The molecule has 0 atom stereocenters. The lowest BCUT2D eigenvalue weighted by Gasteiger charge is -2.08. The van der Waals surface area contributed by atoms with Gasteiger partial charge in [0.1, 0.15) is 11.9 Å². The smallest absolute Gasteiger partial charge is 0.211 e. The highest BCUT2D eigenvalue weighted by molar-refractivity contribution is 7.89. The molecule has 6 heteroatoms. The summed E-state index contributed by atoms with van der Waals surface area (Å²) < 4.78 is 39.7. The van der Waals surface area contributed by atoms with Gasteiger partial charge in [0.05, 0.1) is 10.5 Å². The molecule has 108 valence electrons. The minimum Gasteiger partial charge on any atom is -0.211 e. The first-order chi connectivity index (χ1) is 10.0. The maximum atomic E-state index is 13.0. The standard InChI is InChI=1S/C15H13FN2O2S/c16-14-6-3-4-12(10-14)8-9-18-21(19,20)15-7-2-1-5-13(15)11-17/h1-7,10,18H,8-9H2. The summed E-state index contributed by atoms with van der Waals surface area (Å²) in [4.78, 5) is -0.0493. The fourth-order valence-electron chi connectivity index (χ4n) is 1.89. The van der Waals surface area contributed by atoms with E-state index in [0.717, 1.165) is 0 Å². The Labute approximate surface area is 122 Å². The average Bonchev–Trinajstić information content (AvgIpc) is 2.47. The average molecular weight is 304 g/mol. The summed E-state index contributed by atoms with van der Waals surface area (Å²) in [5.41, 5.74) is 0.794. The normalized spacial score (nSPS) is 11.0. The van der Waals surface area contributed by atoms with Crippen molar-refractivity contribution < 1.29 is 12.8 Å². The number of hydrogen-bond donors (Lipinski definition) is 1. The first-order valence-corrected chi connectivity index (χ1v) is 7.74. The minimum absolute atomic E-state index is 0.0493. The van der Waals surface area contributed by atoms with Crippen LogP contribution in [0.4, 0.5) is 4.39 Å². The summed E-state index contributed by atoms with van der Waals surface area (Å²) in [5.74, 6) is -0.356. The second kappa shape index (κ2) is 6.48. The van der Waals surface area contributed by atoms with Crippen LogP contribution in [0.15, 0.2) is 53.4 Å². The van der Waals surface area contributed by atoms with Crippen LogP contribution in [-0.2, 0) is 16.4 Å². The van der Waals surface area contributed by atoms with Crippen molar-refractivity contribution in [3.05, 3.63) is 65.5 Å². The van der Waals surface area contributed by atoms with Gasteiger partial charge in [-0.3, -0.25) is 0 Å². The Kier molecular flexibility index (Phi) is 4.68. The molecule has 4 nitrogen and oxygen atoms in total.